The van der Waals surface area contributed by atoms with Gasteiger partial charge in [0, 0.05) is 18.2 Å². The van der Waals surface area contributed by atoms with Crippen LogP contribution in [0.5, 0.6) is 5.75 Å². The lowest BCUT2D eigenvalue weighted by atomic mass is 9.68. The van der Waals surface area contributed by atoms with Gasteiger partial charge >= 0.3 is 0 Å². The van der Waals surface area contributed by atoms with E-state index in [4.69, 9.17) is 16.3 Å². The number of hydrogen-bond donors (Lipinski definition) is 0. The second-order valence-electron chi connectivity index (χ2n) is 11.6. The van der Waals surface area contributed by atoms with E-state index in [0.29, 0.717) is 27.8 Å². The van der Waals surface area contributed by atoms with Crippen LogP contribution in [-0.2, 0) is 6.42 Å². The number of amides is 1. The van der Waals surface area contributed by atoms with Gasteiger partial charge < -0.3 is 24.4 Å². The van der Waals surface area contributed by atoms with E-state index in [-0.39, 0.29) is 23.4 Å². The van der Waals surface area contributed by atoms with Gasteiger partial charge in [0.2, 0.25) is 0 Å². The van der Waals surface area contributed by atoms with Crippen LogP contribution in [0.15, 0.2) is 30.3 Å². The van der Waals surface area contributed by atoms with E-state index in [0.717, 1.165) is 56.4 Å². The molecular weight excluding hydrogens is 479 g/mol. The molecule has 1 aliphatic carbocycles. The minimum absolute atomic E-state index is 0.0167. The molecule has 36 heavy (non-hydrogen) atoms. The molecule has 3 saturated heterocycles. The van der Waals surface area contributed by atoms with Crippen molar-refractivity contribution in [3.8, 4) is 16.9 Å². The molecule has 194 valence electrons. The van der Waals surface area contributed by atoms with Gasteiger partial charge in [-0.1, -0.05) is 31.5 Å². The van der Waals surface area contributed by atoms with Crippen LogP contribution in [0.25, 0.3) is 11.1 Å². The number of carbonyl (C=O) groups excluding carboxylic acids is 1. The summed E-state index contributed by atoms with van der Waals surface area (Å²) in [7, 11) is 0. The molecule has 0 radical (unpaired) electrons. The number of fused-ring (bicyclic) bond motifs is 4. The molecule has 2 aromatic carbocycles. The van der Waals surface area contributed by atoms with Crippen molar-refractivity contribution in [1.82, 2.24) is 9.80 Å². The summed E-state index contributed by atoms with van der Waals surface area (Å²) in [6, 6.07) is 8.18. The minimum Gasteiger partial charge on any atom is -0.530 e. The average molecular weight is 514 g/mol. The molecule has 2 atom stereocenters. The highest BCUT2D eigenvalue weighted by molar-refractivity contribution is 6.32. The Balaban J connectivity index is 1.54. The number of halogens is 2. The van der Waals surface area contributed by atoms with E-state index in [2.05, 4.69) is 18.7 Å². The van der Waals surface area contributed by atoms with Crippen LogP contribution in [0.4, 0.5) is 9.18 Å². The Bertz CT molecular complexity index is 1160. The molecular formula is C29H35ClFN2O3-. The van der Waals surface area contributed by atoms with E-state index >= 15 is 4.39 Å². The lowest BCUT2D eigenvalue weighted by Gasteiger charge is -2.56. The van der Waals surface area contributed by atoms with Gasteiger partial charge in [-0.15, -0.1) is 0 Å². The van der Waals surface area contributed by atoms with Gasteiger partial charge in [-0.05, 0) is 105 Å². The Hall–Kier alpha value is -2.31. The van der Waals surface area contributed by atoms with Gasteiger partial charge in [0.05, 0.1) is 17.2 Å². The normalized spacial score (nSPS) is 26.5. The lowest BCUT2D eigenvalue weighted by Crippen LogP contribution is -2.63. The van der Waals surface area contributed by atoms with Crippen molar-refractivity contribution in [2.75, 3.05) is 19.6 Å². The molecule has 7 heteroatoms. The molecule has 0 saturated carbocycles. The van der Waals surface area contributed by atoms with Crippen molar-refractivity contribution < 1.29 is 19.0 Å². The fraction of sp³-hybridized carbons (Fsp3) is 0.552. The molecule has 6 rings (SSSR count). The number of ether oxygens (including phenoxy) is 1. The molecule has 2 aromatic rings. The number of benzene rings is 2. The third-order valence-corrected chi connectivity index (χ3v) is 8.67. The summed E-state index contributed by atoms with van der Waals surface area (Å²) < 4.78 is 21.4. The van der Waals surface area contributed by atoms with Crippen LogP contribution in [0.3, 0.4) is 0 Å². The predicted octanol–water partition coefficient (Wildman–Crippen LogP) is 5.69. The molecule has 0 N–H and O–H groups in total. The number of aryl methyl sites for hydroxylation is 1. The van der Waals surface area contributed by atoms with E-state index in [1.165, 1.54) is 0 Å². The number of nitrogens with zero attached hydrogens (tertiary/aromatic N) is 2. The number of carbonyl (C=O) groups is 1. The standard InChI is InChI=1S/C29H36ClFN2O3/c1-17(2)36-26-6-5-19(14-23(26)30)21-13-20-7-10-29(3,4)27(22(20)15-24(21)31)33(28(34)35)25-16-32-11-8-18(25)9-12-32/h5-6,13-15,17-18,25,27H,7-12,16H2,1-4H3,(H,34,35)/p-1/t25-,27+/m1/s1. The Morgan fingerprint density at radius 2 is 1.94 bits per heavy atom. The maximum absolute atomic E-state index is 15.7. The number of piperidine rings is 3. The summed E-state index contributed by atoms with van der Waals surface area (Å²) in [6.45, 7) is 10.8. The van der Waals surface area contributed by atoms with Crippen molar-refractivity contribution in [3.05, 3.63) is 52.3 Å². The van der Waals surface area contributed by atoms with Gasteiger partial charge in [-0.25, -0.2) is 4.39 Å². The number of hydrogen-bond acceptors (Lipinski definition) is 4. The van der Waals surface area contributed by atoms with Crippen LogP contribution in [0.1, 0.15) is 64.1 Å². The highest BCUT2D eigenvalue weighted by atomic mass is 35.5. The fourth-order valence-electron chi connectivity index (χ4n) is 6.57. The van der Waals surface area contributed by atoms with Crippen LogP contribution in [-0.4, -0.2) is 47.7 Å². The van der Waals surface area contributed by atoms with Crippen LogP contribution < -0.4 is 9.84 Å². The van der Waals surface area contributed by atoms with Crippen LogP contribution >= 0.6 is 11.6 Å². The van der Waals surface area contributed by atoms with Crippen LogP contribution in [0.2, 0.25) is 5.02 Å². The maximum Gasteiger partial charge on any atom is 0.138 e. The zero-order valence-corrected chi connectivity index (χ0v) is 22.3. The summed E-state index contributed by atoms with van der Waals surface area (Å²) in [5, 5.41) is 13.1. The summed E-state index contributed by atoms with van der Waals surface area (Å²) >= 11 is 6.44. The van der Waals surface area contributed by atoms with E-state index < -0.39 is 12.1 Å². The zero-order valence-electron chi connectivity index (χ0n) is 21.5. The van der Waals surface area contributed by atoms with E-state index in [1.54, 1.807) is 23.1 Å². The molecule has 0 aromatic heterocycles. The van der Waals surface area contributed by atoms with Crippen molar-refractivity contribution in [3.63, 3.8) is 0 Å². The molecule has 1 amide bonds. The first-order valence-electron chi connectivity index (χ1n) is 13.1. The summed E-state index contributed by atoms with van der Waals surface area (Å²) in [5.41, 5.74) is 2.55. The second-order valence-corrected chi connectivity index (χ2v) is 12.0. The number of rotatable bonds is 5. The van der Waals surface area contributed by atoms with Gasteiger partial charge in [0.25, 0.3) is 0 Å². The molecule has 4 aliphatic rings. The van der Waals surface area contributed by atoms with Crippen molar-refractivity contribution >= 4 is 17.7 Å². The Morgan fingerprint density at radius 1 is 1.22 bits per heavy atom. The first kappa shape index (κ1) is 25.3. The highest BCUT2D eigenvalue weighted by Gasteiger charge is 2.46. The minimum atomic E-state index is -1.16. The predicted molar refractivity (Wildman–Crippen MR) is 138 cm³/mol. The third kappa shape index (κ3) is 4.58. The molecule has 3 aliphatic heterocycles. The molecule has 2 bridgehead atoms. The van der Waals surface area contributed by atoms with Gasteiger partial charge in [0.1, 0.15) is 17.7 Å². The highest BCUT2D eigenvalue weighted by Crippen LogP contribution is 2.50. The maximum atomic E-state index is 15.7. The Morgan fingerprint density at radius 3 is 2.53 bits per heavy atom. The summed E-state index contributed by atoms with van der Waals surface area (Å²) in [6.07, 6.45) is 2.39. The van der Waals surface area contributed by atoms with Gasteiger partial charge in [-0.2, -0.15) is 0 Å². The molecule has 3 heterocycles. The Labute approximate surface area is 218 Å². The Kier molecular flexibility index (Phi) is 6.71. The SMILES string of the molecule is CC(C)Oc1ccc(-c2cc3c(cc2F)[C@H](N(C(=O)[O-])[C@@H]2CN4CCC2CC4)C(C)(C)CC3)cc1Cl. The smallest absolute Gasteiger partial charge is 0.138 e. The first-order valence-corrected chi connectivity index (χ1v) is 13.4. The second kappa shape index (κ2) is 9.53. The molecule has 3 fully saturated rings. The van der Waals surface area contributed by atoms with E-state index in [9.17, 15) is 9.90 Å². The average Bonchev–Trinajstić information content (AvgIpc) is 2.82. The van der Waals surface area contributed by atoms with Gasteiger partial charge in [0.15, 0.2) is 0 Å². The summed E-state index contributed by atoms with van der Waals surface area (Å²) in [4.78, 5) is 16.6. The van der Waals surface area contributed by atoms with Crippen molar-refractivity contribution in [2.24, 2.45) is 11.3 Å². The van der Waals surface area contributed by atoms with Crippen molar-refractivity contribution in [2.45, 2.75) is 71.6 Å². The third-order valence-electron chi connectivity index (χ3n) is 8.38. The fourth-order valence-corrected chi connectivity index (χ4v) is 6.79. The van der Waals surface area contributed by atoms with Crippen molar-refractivity contribution in [1.29, 1.82) is 0 Å². The molecule has 0 spiro atoms. The topological polar surface area (TPSA) is 55.8 Å². The first-order chi connectivity index (χ1) is 17.0. The monoisotopic (exact) mass is 513 g/mol. The zero-order chi connectivity index (χ0) is 25.8. The largest absolute Gasteiger partial charge is 0.530 e. The van der Waals surface area contributed by atoms with Crippen LogP contribution in [0, 0.1) is 17.2 Å². The van der Waals surface area contributed by atoms with E-state index in [1.807, 2.05) is 26.0 Å². The lowest BCUT2D eigenvalue weighted by molar-refractivity contribution is -0.277. The number of carboxylic acid groups (broad SMARTS) is 1. The quantitative estimate of drug-likeness (QED) is 0.515. The molecule has 5 nitrogen and oxygen atoms in total. The molecule has 0 unspecified atom stereocenters. The van der Waals surface area contributed by atoms with Gasteiger partial charge in [-0.3, -0.25) is 0 Å². The summed E-state index contributed by atoms with van der Waals surface area (Å²) in [5.74, 6) is 0.516.